The van der Waals surface area contributed by atoms with Gasteiger partial charge in [-0.1, -0.05) is 18.2 Å². The van der Waals surface area contributed by atoms with Crippen molar-refractivity contribution in [2.24, 2.45) is 0 Å². The predicted molar refractivity (Wildman–Crippen MR) is 87.6 cm³/mol. The molecule has 24 heavy (non-hydrogen) atoms. The van der Waals surface area contributed by atoms with Crippen molar-refractivity contribution >= 4 is 29.5 Å². The van der Waals surface area contributed by atoms with Gasteiger partial charge in [-0.3, -0.25) is 9.59 Å². The van der Waals surface area contributed by atoms with Crippen molar-refractivity contribution in [3.05, 3.63) is 30.3 Å². The maximum atomic E-state index is 12.2. The monoisotopic (exact) mass is 350 g/mol. The van der Waals surface area contributed by atoms with E-state index in [-0.39, 0.29) is 17.9 Å². The van der Waals surface area contributed by atoms with Gasteiger partial charge in [0.1, 0.15) is 23.2 Å². The van der Waals surface area contributed by atoms with Crippen LogP contribution in [0.3, 0.4) is 0 Å². The van der Waals surface area contributed by atoms with E-state index in [1.807, 2.05) is 6.07 Å². The van der Waals surface area contributed by atoms with Gasteiger partial charge in [-0.2, -0.15) is 0 Å². The van der Waals surface area contributed by atoms with Crippen LogP contribution in [0.15, 0.2) is 30.3 Å². The highest BCUT2D eigenvalue weighted by Gasteiger charge is 2.64. The molecule has 2 heterocycles. The number of benzene rings is 1. The van der Waals surface area contributed by atoms with Crippen LogP contribution in [-0.2, 0) is 14.4 Å². The summed E-state index contributed by atoms with van der Waals surface area (Å²) in [4.78, 5) is 37.0. The number of thioether (sulfide) groups is 1. The Labute approximate surface area is 143 Å². The maximum absolute atomic E-state index is 12.2. The number of hydrogen-bond donors (Lipinski definition) is 2. The summed E-state index contributed by atoms with van der Waals surface area (Å²) in [7, 11) is 0. The summed E-state index contributed by atoms with van der Waals surface area (Å²) >= 11 is 1.39. The first-order valence-corrected chi connectivity index (χ1v) is 8.39. The number of para-hydroxylation sites is 1. The number of aliphatic carboxylic acids is 1. The van der Waals surface area contributed by atoms with Crippen molar-refractivity contribution in [1.82, 2.24) is 10.2 Å². The van der Waals surface area contributed by atoms with E-state index in [9.17, 15) is 19.5 Å². The Bertz CT molecular complexity index is 678. The van der Waals surface area contributed by atoms with Crippen molar-refractivity contribution in [2.45, 2.75) is 36.1 Å². The Hall–Kier alpha value is -2.22. The molecule has 2 amide bonds. The van der Waals surface area contributed by atoms with E-state index in [0.717, 1.165) is 0 Å². The van der Waals surface area contributed by atoms with Crippen LogP contribution in [0.4, 0.5) is 0 Å². The highest BCUT2D eigenvalue weighted by atomic mass is 32.2. The van der Waals surface area contributed by atoms with E-state index in [2.05, 4.69) is 5.32 Å². The number of amides is 2. The molecule has 0 unspecified atom stereocenters. The minimum absolute atomic E-state index is 0.197. The van der Waals surface area contributed by atoms with Gasteiger partial charge in [0.05, 0.1) is 0 Å². The quantitative estimate of drug-likeness (QED) is 0.759. The number of nitrogens with zero attached hydrogens (tertiary/aromatic N) is 1. The largest absolute Gasteiger partial charge is 0.484 e. The molecule has 2 saturated heterocycles. The smallest absolute Gasteiger partial charge is 0.327 e. The zero-order chi connectivity index (χ0) is 17.5. The number of β-lactam (4-membered cyclic amide) rings is 1. The second-order valence-corrected chi connectivity index (χ2v) is 8.02. The lowest BCUT2D eigenvalue weighted by molar-refractivity contribution is -0.161. The number of rotatable bonds is 5. The molecule has 1 aromatic carbocycles. The SMILES string of the molecule is CC1(C)S[C@@H]2[C@@H](NC(=O)COc3ccccc3)C(=O)N2[C@H]1C(=O)O. The normalized spacial score (nSPS) is 27.2. The highest BCUT2D eigenvalue weighted by molar-refractivity contribution is 8.01. The zero-order valence-corrected chi connectivity index (χ0v) is 14.1. The molecule has 2 N–H and O–H groups in total. The van der Waals surface area contributed by atoms with Gasteiger partial charge in [0.2, 0.25) is 5.91 Å². The van der Waals surface area contributed by atoms with Crippen LogP contribution in [-0.4, -0.2) is 56.6 Å². The summed E-state index contributed by atoms with van der Waals surface area (Å²) in [5, 5.41) is 11.6. The van der Waals surface area contributed by atoms with E-state index in [1.165, 1.54) is 16.7 Å². The molecule has 0 bridgehead atoms. The van der Waals surface area contributed by atoms with Crippen molar-refractivity contribution in [1.29, 1.82) is 0 Å². The topological polar surface area (TPSA) is 95.9 Å². The van der Waals surface area contributed by atoms with E-state index < -0.39 is 28.7 Å². The molecular formula is C16H18N2O5S. The molecule has 2 aliphatic rings. The molecule has 2 fully saturated rings. The minimum Gasteiger partial charge on any atom is -0.484 e. The Balaban J connectivity index is 1.59. The molecule has 0 spiro atoms. The fourth-order valence-corrected chi connectivity index (χ4v) is 4.65. The second kappa shape index (κ2) is 6.01. The minimum atomic E-state index is -1.03. The van der Waals surface area contributed by atoms with Gasteiger partial charge in [0.25, 0.3) is 5.91 Å². The lowest BCUT2D eigenvalue weighted by atomic mass is 9.96. The first-order valence-electron chi connectivity index (χ1n) is 7.51. The molecule has 2 aliphatic heterocycles. The van der Waals surface area contributed by atoms with Gasteiger partial charge in [0.15, 0.2) is 6.61 Å². The van der Waals surface area contributed by atoms with Crippen LogP contribution in [0.25, 0.3) is 0 Å². The number of carbonyl (C=O) groups is 3. The highest BCUT2D eigenvalue weighted by Crippen LogP contribution is 2.50. The molecule has 0 radical (unpaired) electrons. The Kier molecular flexibility index (Phi) is 4.16. The van der Waals surface area contributed by atoms with Crippen molar-refractivity contribution in [3.8, 4) is 5.75 Å². The van der Waals surface area contributed by atoms with E-state index in [1.54, 1.807) is 38.1 Å². The first-order chi connectivity index (χ1) is 11.3. The Morgan fingerprint density at radius 1 is 1.33 bits per heavy atom. The molecule has 1 aromatic rings. The summed E-state index contributed by atoms with van der Waals surface area (Å²) in [5.41, 5.74) is 0. The van der Waals surface area contributed by atoms with Crippen molar-refractivity contribution in [2.75, 3.05) is 6.61 Å². The molecule has 0 aromatic heterocycles. The van der Waals surface area contributed by atoms with E-state index >= 15 is 0 Å². The standard InChI is InChI=1S/C16H18N2O5S/c1-16(2)12(15(21)22)18-13(20)11(14(18)24-16)17-10(19)8-23-9-6-4-3-5-7-9/h3-7,11-12,14H,8H2,1-2H3,(H,17,19)(H,21,22)/t11-,12-,14+/m0/s1. The van der Waals surface area contributed by atoms with Crippen LogP contribution in [0, 0.1) is 0 Å². The van der Waals surface area contributed by atoms with Crippen molar-refractivity contribution < 1.29 is 24.2 Å². The lowest BCUT2D eigenvalue weighted by Crippen LogP contribution is -2.70. The van der Waals surface area contributed by atoms with Crippen LogP contribution < -0.4 is 10.1 Å². The number of fused-ring (bicyclic) bond motifs is 1. The molecule has 8 heteroatoms. The molecule has 3 rings (SSSR count). The van der Waals surface area contributed by atoms with Crippen LogP contribution in [0.2, 0.25) is 0 Å². The van der Waals surface area contributed by atoms with Gasteiger partial charge in [-0.15, -0.1) is 11.8 Å². The fourth-order valence-electron chi connectivity index (χ4n) is 3.03. The third-order valence-corrected chi connectivity index (χ3v) is 5.68. The van der Waals surface area contributed by atoms with E-state index in [0.29, 0.717) is 5.75 Å². The average Bonchev–Trinajstić information content (AvgIpc) is 2.80. The molecule has 3 atom stereocenters. The molecule has 0 saturated carbocycles. The van der Waals surface area contributed by atoms with Crippen LogP contribution in [0.1, 0.15) is 13.8 Å². The molecule has 128 valence electrons. The predicted octanol–water partition coefficient (Wildman–Crippen LogP) is 0.697. The van der Waals surface area contributed by atoms with Gasteiger partial charge in [-0.05, 0) is 26.0 Å². The summed E-state index contributed by atoms with van der Waals surface area (Å²) in [6, 6.07) is 7.31. The number of ether oxygens (including phenoxy) is 1. The number of carboxylic acid groups (broad SMARTS) is 1. The second-order valence-electron chi connectivity index (χ2n) is 6.25. The van der Waals surface area contributed by atoms with Gasteiger partial charge in [0, 0.05) is 4.75 Å². The zero-order valence-electron chi connectivity index (χ0n) is 13.3. The molecular weight excluding hydrogens is 332 g/mol. The van der Waals surface area contributed by atoms with Crippen molar-refractivity contribution in [3.63, 3.8) is 0 Å². The summed E-state index contributed by atoms with van der Waals surface area (Å²) < 4.78 is 4.74. The molecule has 0 aliphatic carbocycles. The van der Waals surface area contributed by atoms with Crippen LogP contribution >= 0.6 is 11.8 Å². The van der Waals surface area contributed by atoms with Gasteiger partial charge < -0.3 is 20.1 Å². The van der Waals surface area contributed by atoms with Gasteiger partial charge in [-0.25, -0.2) is 4.79 Å². The number of carbonyl (C=O) groups excluding carboxylic acids is 2. The lowest BCUT2D eigenvalue weighted by Gasteiger charge is -2.43. The summed E-state index contributed by atoms with van der Waals surface area (Å²) in [5.74, 6) is -1.23. The third-order valence-electron chi connectivity index (χ3n) is 4.10. The average molecular weight is 350 g/mol. The summed E-state index contributed by atoms with van der Waals surface area (Å²) in [6.45, 7) is 3.38. The number of nitrogens with one attached hydrogen (secondary N) is 1. The Morgan fingerprint density at radius 2 is 2.00 bits per heavy atom. The van der Waals surface area contributed by atoms with E-state index in [4.69, 9.17) is 4.74 Å². The molecule has 7 nitrogen and oxygen atoms in total. The fraction of sp³-hybridized carbons (Fsp3) is 0.438. The number of carboxylic acids is 1. The number of hydrogen-bond acceptors (Lipinski definition) is 5. The first kappa shape index (κ1) is 16.6. The summed E-state index contributed by atoms with van der Waals surface area (Å²) in [6.07, 6.45) is 0. The van der Waals surface area contributed by atoms with Gasteiger partial charge >= 0.3 is 5.97 Å². The third kappa shape index (κ3) is 2.82. The van der Waals surface area contributed by atoms with Crippen LogP contribution in [0.5, 0.6) is 5.75 Å². The Morgan fingerprint density at radius 3 is 2.62 bits per heavy atom. The maximum Gasteiger partial charge on any atom is 0.327 e.